The molecule has 0 aromatic carbocycles. The molecule has 0 saturated heterocycles. The summed E-state index contributed by atoms with van der Waals surface area (Å²) < 4.78 is 10.1. The van der Waals surface area contributed by atoms with E-state index in [2.05, 4.69) is 0 Å². The second-order valence-electron chi connectivity index (χ2n) is 2.59. The minimum atomic E-state index is -0.380. The SMILES string of the molecule is CC(=O)C(C)=O.CCOC(C)OCC. The number of Topliss-reactive ketones (excluding diaryl/α,β-unsaturated/α-hetero) is 2. The van der Waals surface area contributed by atoms with Crippen molar-refractivity contribution in [1.82, 2.24) is 0 Å². The summed E-state index contributed by atoms with van der Waals surface area (Å²) in [5, 5.41) is 0. The van der Waals surface area contributed by atoms with Crippen LogP contribution in [0, 0.1) is 0 Å². The fourth-order valence-electron chi connectivity index (χ4n) is 0.518. The van der Waals surface area contributed by atoms with Crippen LogP contribution in [0.25, 0.3) is 0 Å². The largest absolute Gasteiger partial charge is 0.353 e. The Bertz CT molecular complexity index is 148. The monoisotopic (exact) mass is 204 g/mol. The fraction of sp³-hybridized carbons (Fsp3) is 0.800. The summed E-state index contributed by atoms with van der Waals surface area (Å²) in [6, 6.07) is 0. The van der Waals surface area contributed by atoms with Crippen molar-refractivity contribution in [3.05, 3.63) is 0 Å². The quantitative estimate of drug-likeness (QED) is 0.504. The highest BCUT2D eigenvalue weighted by Crippen LogP contribution is 1.90. The molecule has 84 valence electrons. The van der Waals surface area contributed by atoms with Crippen LogP contribution in [0.4, 0.5) is 0 Å². The van der Waals surface area contributed by atoms with E-state index in [1.54, 1.807) is 0 Å². The summed E-state index contributed by atoms with van der Waals surface area (Å²) in [5.41, 5.74) is 0. The Kier molecular flexibility index (Phi) is 11.6. The highest BCUT2D eigenvalue weighted by Gasteiger charge is 1.95. The first-order chi connectivity index (χ1) is 6.45. The van der Waals surface area contributed by atoms with Crippen molar-refractivity contribution in [3.8, 4) is 0 Å². The molecule has 0 aliphatic rings. The predicted molar refractivity (Wildman–Crippen MR) is 54.1 cm³/mol. The van der Waals surface area contributed by atoms with E-state index in [9.17, 15) is 9.59 Å². The molecular weight excluding hydrogens is 184 g/mol. The maximum atomic E-state index is 9.79. The second kappa shape index (κ2) is 10.3. The van der Waals surface area contributed by atoms with E-state index in [-0.39, 0.29) is 17.9 Å². The van der Waals surface area contributed by atoms with Gasteiger partial charge < -0.3 is 9.47 Å². The smallest absolute Gasteiger partial charge is 0.195 e. The molecule has 0 unspecified atom stereocenters. The normalized spacial score (nSPS) is 9.29. The molecule has 0 N–H and O–H groups in total. The van der Waals surface area contributed by atoms with Crippen LogP contribution in [0.1, 0.15) is 34.6 Å². The maximum absolute atomic E-state index is 9.79. The van der Waals surface area contributed by atoms with Crippen molar-refractivity contribution in [2.24, 2.45) is 0 Å². The number of ether oxygens (including phenoxy) is 2. The Morgan fingerprint density at radius 2 is 1.29 bits per heavy atom. The van der Waals surface area contributed by atoms with Crippen LogP contribution >= 0.6 is 0 Å². The predicted octanol–water partition coefficient (Wildman–Crippen LogP) is 1.57. The van der Waals surface area contributed by atoms with Gasteiger partial charge in [0, 0.05) is 27.1 Å². The molecule has 0 bridgehead atoms. The molecule has 0 rings (SSSR count). The lowest BCUT2D eigenvalue weighted by Gasteiger charge is -2.09. The third kappa shape index (κ3) is 13.8. The van der Waals surface area contributed by atoms with E-state index in [4.69, 9.17) is 9.47 Å². The number of hydrogen-bond donors (Lipinski definition) is 0. The Morgan fingerprint density at radius 3 is 1.43 bits per heavy atom. The average Bonchev–Trinajstić information content (AvgIpc) is 2.06. The molecule has 0 atom stereocenters. The lowest BCUT2D eigenvalue weighted by molar-refractivity contribution is -0.134. The molecular formula is C10H20O4. The molecule has 0 heterocycles. The van der Waals surface area contributed by atoms with Crippen LogP contribution in [0.2, 0.25) is 0 Å². The first-order valence-corrected chi connectivity index (χ1v) is 4.70. The van der Waals surface area contributed by atoms with Gasteiger partial charge in [-0.15, -0.1) is 0 Å². The molecule has 0 aliphatic heterocycles. The van der Waals surface area contributed by atoms with Gasteiger partial charge in [0.05, 0.1) is 0 Å². The van der Waals surface area contributed by atoms with E-state index >= 15 is 0 Å². The highest BCUT2D eigenvalue weighted by atomic mass is 16.7. The van der Waals surface area contributed by atoms with Crippen molar-refractivity contribution >= 4 is 11.6 Å². The molecule has 14 heavy (non-hydrogen) atoms. The summed E-state index contributed by atoms with van der Waals surface area (Å²) in [4.78, 5) is 19.6. The number of carbonyl (C=O) groups excluding carboxylic acids is 2. The van der Waals surface area contributed by atoms with Gasteiger partial charge in [-0.1, -0.05) is 0 Å². The Morgan fingerprint density at radius 1 is 1.00 bits per heavy atom. The number of hydrogen-bond acceptors (Lipinski definition) is 4. The maximum Gasteiger partial charge on any atom is 0.195 e. The van der Waals surface area contributed by atoms with Crippen LogP contribution in [-0.2, 0) is 19.1 Å². The topological polar surface area (TPSA) is 52.6 Å². The fourth-order valence-corrected chi connectivity index (χ4v) is 0.518. The lowest BCUT2D eigenvalue weighted by atomic mass is 10.3. The van der Waals surface area contributed by atoms with Gasteiger partial charge in [0.25, 0.3) is 0 Å². The van der Waals surface area contributed by atoms with E-state index in [0.717, 1.165) is 13.2 Å². The molecule has 0 spiro atoms. The molecule has 0 fully saturated rings. The third-order valence-electron chi connectivity index (χ3n) is 1.30. The van der Waals surface area contributed by atoms with Crippen LogP contribution in [0.15, 0.2) is 0 Å². The third-order valence-corrected chi connectivity index (χ3v) is 1.30. The van der Waals surface area contributed by atoms with Crippen LogP contribution in [-0.4, -0.2) is 31.1 Å². The lowest BCUT2D eigenvalue weighted by Crippen LogP contribution is -2.11. The minimum absolute atomic E-state index is 0.0370. The Balaban J connectivity index is 0. The van der Waals surface area contributed by atoms with Crippen LogP contribution < -0.4 is 0 Å². The van der Waals surface area contributed by atoms with Crippen molar-refractivity contribution in [1.29, 1.82) is 0 Å². The molecule has 0 aromatic heterocycles. The number of carbonyl (C=O) groups is 2. The van der Waals surface area contributed by atoms with Crippen LogP contribution in [0.5, 0.6) is 0 Å². The summed E-state index contributed by atoms with van der Waals surface area (Å²) in [5.74, 6) is -0.759. The molecule has 4 nitrogen and oxygen atoms in total. The zero-order valence-corrected chi connectivity index (χ0v) is 9.62. The highest BCUT2D eigenvalue weighted by molar-refractivity contribution is 6.35. The average molecular weight is 204 g/mol. The molecule has 0 amide bonds. The van der Waals surface area contributed by atoms with E-state index < -0.39 is 0 Å². The van der Waals surface area contributed by atoms with E-state index in [1.807, 2.05) is 20.8 Å². The van der Waals surface area contributed by atoms with Crippen molar-refractivity contribution < 1.29 is 19.1 Å². The van der Waals surface area contributed by atoms with Gasteiger partial charge in [-0.3, -0.25) is 9.59 Å². The van der Waals surface area contributed by atoms with Gasteiger partial charge in [0.15, 0.2) is 17.9 Å². The standard InChI is InChI=1S/C6H14O2.C4H6O2/c1-4-7-6(3)8-5-2;1-3(5)4(2)6/h6H,4-5H2,1-3H3;1-2H3. The van der Waals surface area contributed by atoms with Crippen molar-refractivity contribution in [2.45, 2.75) is 40.9 Å². The first-order valence-electron chi connectivity index (χ1n) is 4.70. The van der Waals surface area contributed by atoms with Gasteiger partial charge in [0.1, 0.15) is 0 Å². The van der Waals surface area contributed by atoms with E-state index in [0.29, 0.717) is 0 Å². The van der Waals surface area contributed by atoms with E-state index in [1.165, 1.54) is 13.8 Å². The number of rotatable bonds is 5. The summed E-state index contributed by atoms with van der Waals surface area (Å²) in [6.07, 6.45) is -0.0370. The van der Waals surface area contributed by atoms with Crippen LogP contribution in [0.3, 0.4) is 0 Å². The van der Waals surface area contributed by atoms with Gasteiger partial charge >= 0.3 is 0 Å². The minimum Gasteiger partial charge on any atom is -0.353 e. The first kappa shape index (κ1) is 15.7. The second-order valence-corrected chi connectivity index (χ2v) is 2.59. The van der Waals surface area contributed by atoms with Gasteiger partial charge in [-0.05, 0) is 20.8 Å². The summed E-state index contributed by atoms with van der Waals surface area (Å²) in [7, 11) is 0. The zero-order chi connectivity index (χ0) is 11.6. The Hall–Kier alpha value is -0.740. The molecule has 0 radical (unpaired) electrons. The summed E-state index contributed by atoms with van der Waals surface area (Å²) >= 11 is 0. The zero-order valence-electron chi connectivity index (χ0n) is 9.62. The molecule has 0 aromatic rings. The Labute approximate surface area is 85.6 Å². The van der Waals surface area contributed by atoms with Gasteiger partial charge in [-0.25, -0.2) is 0 Å². The number of ketones is 2. The summed E-state index contributed by atoms with van der Waals surface area (Å²) in [6.45, 7) is 9.76. The van der Waals surface area contributed by atoms with Crippen molar-refractivity contribution in [3.63, 3.8) is 0 Å². The molecule has 4 heteroatoms. The van der Waals surface area contributed by atoms with Gasteiger partial charge in [-0.2, -0.15) is 0 Å². The molecule has 0 saturated carbocycles. The molecule has 0 aliphatic carbocycles. The van der Waals surface area contributed by atoms with Crippen molar-refractivity contribution in [2.75, 3.05) is 13.2 Å². The van der Waals surface area contributed by atoms with Gasteiger partial charge in [0.2, 0.25) is 0 Å².